The highest BCUT2D eigenvalue weighted by atomic mass is 32.2. The molecule has 1 heterocycles. The Hall–Kier alpha value is -0.120. The van der Waals surface area contributed by atoms with Crippen LogP contribution in [0.2, 0.25) is 0 Å². The minimum atomic E-state index is 0.573. The van der Waals surface area contributed by atoms with Crippen LogP contribution < -0.4 is 5.32 Å². The van der Waals surface area contributed by atoms with Gasteiger partial charge in [-0.1, -0.05) is 43.2 Å². The molecule has 4 atom stereocenters. The highest BCUT2D eigenvalue weighted by molar-refractivity contribution is 8.07. The predicted molar refractivity (Wildman–Crippen MR) is 95.2 cm³/mol. The minimum Gasteiger partial charge on any atom is -0.316 e. The highest BCUT2D eigenvalue weighted by Gasteiger charge is 2.30. The maximum Gasteiger partial charge on any atom is 0.0298 e. The summed E-state index contributed by atoms with van der Waals surface area (Å²) in [6.45, 7) is 9.12. The first-order valence-corrected chi connectivity index (χ1v) is 9.50. The number of nitrogens with one attached hydrogen (secondary N) is 1. The van der Waals surface area contributed by atoms with Crippen LogP contribution in [0.15, 0.2) is 18.2 Å². The summed E-state index contributed by atoms with van der Waals surface area (Å²) in [5, 5.41) is 5.83. The first-order chi connectivity index (χ1) is 9.49. The molecule has 112 valence electrons. The van der Waals surface area contributed by atoms with Crippen molar-refractivity contribution in [3.05, 3.63) is 34.9 Å². The third-order valence-corrected chi connectivity index (χ3v) is 7.68. The quantitative estimate of drug-likeness (QED) is 0.901. The minimum absolute atomic E-state index is 0.573. The second-order valence-corrected chi connectivity index (χ2v) is 9.04. The lowest BCUT2D eigenvalue weighted by atomic mass is 10.00. The summed E-state index contributed by atoms with van der Waals surface area (Å²) in [6, 6.07) is 7.50. The zero-order valence-electron chi connectivity index (χ0n) is 13.3. The molecule has 0 spiro atoms. The maximum absolute atomic E-state index is 3.56. The summed E-state index contributed by atoms with van der Waals surface area (Å²) < 4.78 is 0. The normalized spacial score (nSPS) is 28.4. The Morgan fingerprint density at radius 1 is 1.15 bits per heavy atom. The van der Waals surface area contributed by atoms with Crippen LogP contribution in [0.25, 0.3) is 0 Å². The molecule has 1 aromatic rings. The molecule has 1 N–H and O–H groups in total. The van der Waals surface area contributed by atoms with Gasteiger partial charge in [0.05, 0.1) is 0 Å². The lowest BCUT2D eigenvalue weighted by molar-refractivity contribution is 0.554. The van der Waals surface area contributed by atoms with Gasteiger partial charge in [-0.2, -0.15) is 23.5 Å². The number of benzene rings is 1. The summed E-state index contributed by atoms with van der Waals surface area (Å²) in [4.78, 5) is 0. The van der Waals surface area contributed by atoms with Crippen molar-refractivity contribution in [3.8, 4) is 0 Å². The van der Waals surface area contributed by atoms with Crippen LogP contribution in [0.5, 0.6) is 0 Å². The SMILES string of the molecule is CNC(Cc1cc(C)cc(C)c1)C1CSC(C)C(C)S1. The molecule has 1 nitrogen and oxygen atoms in total. The average molecular weight is 310 g/mol. The van der Waals surface area contributed by atoms with E-state index in [0.717, 1.165) is 22.2 Å². The standard InChI is InChI=1S/C17H27NS2/c1-11-6-12(2)8-15(7-11)9-16(18-5)17-10-19-13(3)14(4)20-17/h6-8,13-14,16-18H,9-10H2,1-5H3. The topological polar surface area (TPSA) is 12.0 Å². The van der Waals surface area contributed by atoms with Crippen molar-refractivity contribution >= 4 is 23.5 Å². The van der Waals surface area contributed by atoms with E-state index in [-0.39, 0.29) is 0 Å². The van der Waals surface area contributed by atoms with Crippen molar-refractivity contribution < 1.29 is 0 Å². The summed E-state index contributed by atoms with van der Waals surface area (Å²) in [5.74, 6) is 1.27. The molecule has 1 fully saturated rings. The molecule has 1 aromatic carbocycles. The van der Waals surface area contributed by atoms with Crippen LogP contribution in [0.3, 0.4) is 0 Å². The van der Waals surface area contributed by atoms with Crippen LogP contribution >= 0.6 is 23.5 Å². The molecule has 3 heteroatoms. The Balaban J connectivity index is 2.05. The van der Waals surface area contributed by atoms with Gasteiger partial charge in [-0.3, -0.25) is 0 Å². The number of rotatable bonds is 4. The van der Waals surface area contributed by atoms with E-state index in [1.807, 2.05) is 0 Å². The summed E-state index contributed by atoms with van der Waals surface area (Å²) in [7, 11) is 2.11. The van der Waals surface area contributed by atoms with Crippen LogP contribution in [0.1, 0.15) is 30.5 Å². The molecular formula is C17H27NS2. The van der Waals surface area contributed by atoms with Crippen molar-refractivity contribution in [3.63, 3.8) is 0 Å². The van der Waals surface area contributed by atoms with E-state index in [2.05, 4.69) is 81.8 Å². The molecule has 2 rings (SSSR count). The van der Waals surface area contributed by atoms with Gasteiger partial charge < -0.3 is 5.32 Å². The Morgan fingerprint density at radius 3 is 2.35 bits per heavy atom. The molecule has 0 aromatic heterocycles. The number of thioether (sulfide) groups is 2. The molecule has 4 unspecified atom stereocenters. The lowest BCUT2D eigenvalue weighted by Crippen LogP contribution is -2.43. The van der Waals surface area contributed by atoms with E-state index in [4.69, 9.17) is 0 Å². The number of hydrogen-bond donors (Lipinski definition) is 1. The summed E-state index contributed by atoms with van der Waals surface area (Å²) in [6.07, 6.45) is 1.14. The Morgan fingerprint density at radius 2 is 1.80 bits per heavy atom. The van der Waals surface area contributed by atoms with Crippen LogP contribution in [0.4, 0.5) is 0 Å². The third-order valence-electron chi connectivity index (χ3n) is 4.13. The second kappa shape index (κ2) is 7.24. The van der Waals surface area contributed by atoms with Gasteiger partial charge in [0.15, 0.2) is 0 Å². The Labute approximate surface area is 132 Å². The molecule has 0 aliphatic carbocycles. The van der Waals surface area contributed by atoms with Gasteiger partial charge in [0.1, 0.15) is 0 Å². The first kappa shape index (κ1) is 16.3. The zero-order chi connectivity index (χ0) is 14.7. The van der Waals surface area contributed by atoms with Gasteiger partial charge >= 0.3 is 0 Å². The van der Waals surface area contributed by atoms with Crippen LogP contribution in [0, 0.1) is 13.8 Å². The molecule has 20 heavy (non-hydrogen) atoms. The third kappa shape index (κ3) is 4.19. The molecule has 0 saturated carbocycles. The van der Waals surface area contributed by atoms with E-state index in [0.29, 0.717) is 6.04 Å². The highest BCUT2D eigenvalue weighted by Crippen LogP contribution is 2.37. The van der Waals surface area contributed by atoms with Gasteiger partial charge in [0.25, 0.3) is 0 Å². The van der Waals surface area contributed by atoms with Crippen molar-refractivity contribution in [1.29, 1.82) is 0 Å². The lowest BCUT2D eigenvalue weighted by Gasteiger charge is -2.36. The zero-order valence-corrected chi connectivity index (χ0v) is 14.9. The summed E-state index contributed by atoms with van der Waals surface area (Å²) in [5.41, 5.74) is 4.23. The fourth-order valence-electron chi connectivity index (χ4n) is 2.88. The van der Waals surface area contributed by atoms with Crippen LogP contribution in [-0.4, -0.2) is 34.6 Å². The van der Waals surface area contributed by atoms with Gasteiger partial charge in [0.2, 0.25) is 0 Å². The average Bonchev–Trinajstić information content (AvgIpc) is 2.38. The van der Waals surface area contributed by atoms with E-state index < -0.39 is 0 Å². The van der Waals surface area contributed by atoms with Gasteiger partial charge in [-0.05, 0) is 32.9 Å². The Kier molecular flexibility index (Phi) is 5.88. The van der Waals surface area contributed by atoms with Crippen molar-refractivity contribution in [2.75, 3.05) is 12.8 Å². The fourth-order valence-corrected chi connectivity index (χ4v) is 6.05. The molecule has 1 saturated heterocycles. The molecule has 0 radical (unpaired) electrons. The van der Waals surface area contributed by atoms with E-state index in [1.165, 1.54) is 22.4 Å². The van der Waals surface area contributed by atoms with Crippen molar-refractivity contribution in [1.82, 2.24) is 5.32 Å². The maximum atomic E-state index is 3.56. The molecular weight excluding hydrogens is 282 g/mol. The van der Waals surface area contributed by atoms with E-state index in [1.54, 1.807) is 0 Å². The number of aryl methyl sites for hydroxylation is 2. The molecule has 0 bridgehead atoms. The molecule has 0 amide bonds. The van der Waals surface area contributed by atoms with Gasteiger partial charge in [0, 0.05) is 27.5 Å². The van der Waals surface area contributed by atoms with Crippen molar-refractivity contribution in [2.24, 2.45) is 0 Å². The van der Waals surface area contributed by atoms with Gasteiger partial charge in [-0.15, -0.1) is 0 Å². The summed E-state index contributed by atoms with van der Waals surface area (Å²) >= 11 is 4.31. The fraction of sp³-hybridized carbons (Fsp3) is 0.647. The van der Waals surface area contributed by atoms with Crippen LogP contribution in [-0.2, 0) is 6.42 Å². The molecule has 1 aliphatic heterocycles. The smallest absolute Gasteiger partial charge is 0.0298 e. The number of hydrogen-bond acceptors (Lipinski definition) is 3. The molecule has 1 aliphatic rings. The predicted octanol–water partition coefficient (Wildman–Crippen LogP) is 4.06. The van der Waals surface area contributed by atoms with Crippen molar-refractivity contribution in [2.45, 2.75) is 55.9 Å². The van der Waals surface area contributed by atoms with E-state index >= 15 is 0 Å². The first-order valence-electron chi connectivity index (χ1n) is 7.51. The second-order valence-electron chi connectivity index (χ2n) is 6.01. The monoisotopic (exact) mass is 309 g/mol. The Bertz CT molecular complexity index is 426. The number of likely N-dealkylation sites (N-methyl/N-ethyl adjacent to an activating group) is 1. The van der Waals surface area contributed by atoms with Gasteiger partial charge in [-0.25, -0.2) is 0 Å². The van der Waals surface area contributed by atoms with E-state index in [9.17, 15) is 0 Å². The largest absolute Gasteiger partial charge is 0.316 e.